The van der Waals surface area contributed by atoms with E-state index in [1.165, 1.54) is 50.0 Å². The second-order valence-electron chi connectivity index (χ2n) is 11.3. The van der Waals surface area contributed by atoms with Crippen molar-refractivity contribution in [2.24, 2.45) is 5.41 Å². The summed E-state index contributed by atoms with van der Waals surface area (Å²) in [5, 5.41) is 7.56. The van der Waals surface area contributed by atoms with Crippen molar-refractivity contribution >= 4 is 74.0 Å². The van der Waals surface area contributed by atoms with Crippen molar-refractivity contribution in [1.82, 2.24) is 14.9 Å². The minimum atomic E-state index is 0.453. The standard InChI is InChI=1S/C30H37BrClN7OS/c1-37-13-8-30(9-14-37)10-15-38(16-11-30)25-18-26(40-2)24(17-22(25)32)35-29-33-19-21(31)28(36-29)34-23-6-4-5-20-7-12-39(41-3)27(20)23/h4-6,17-19H,7-16H2,1-3H3,(H2,33,34,35,36). The van der Waals surface area contributed by atoms with Gasteiger partial charge in [0.15, 0.2) is 0 Å². The maximum absolute atomic E-state index is 6.89. The number of hydrogen-bond acceptors (Lipinski definition) is 9. The van der Waals surface area contributed by atoms with Gasteiger partial charge in [-0.05, 0) is 91.3 Å². The van der Waals surface area contributed by atoms with Crippen molar-refractivity contribution in [1.29, 1.82) is 0 Å². The van der Waals surface area contributed by atoms with E-state index in [1.54, 1.807) is 25.3 Å². The van der Waals surface area contributed by atoms with Crippen LogP contribution in [0, 0.1) is 5.41 Å². The normalized spacial score (nSPS) is 18.5. The molecule has 8 nitrogen and oxygen atoms in total. The van der Waals surface area contributed by atoms with Crippen molar-refractivity contribution in [3.8, 4) is 5.75 Å². The minimum Gasteiger partial charge on any atom is -0.494 e. The Hall–Kier alpha value is -2.40. The lowest BCUT2D eigenvalue weighted by Crippen LogP contribution is -2.46. The van der Waals surface area contributed by atoms with E-state index in [1.807, 2.05) is 12.1 Å². The second kappa shape index (κ2) is 12.1. The fraction of sp³-hybridized carbons (Fsp3) is 0.467. The lowest BCUT2D eigenvalue weighted by atomic mass is 9.71. The first-order valence-corrected chi connectivity index (χ1v) is 16.5. The number of nitrogens with one attached hydrogen (secondary N) is 2. The molecular formula is C30H37BrClN7OS. The molecule has 3 aromatic rings. The highest BCUT2D eigenvalue weighted by Gasteiger charge is 2.37. The molecule has 1 aromatic heterocycles. The number of anilines is 6. The van der Waals surface area contributed by atoms with Gasteiger partial charge in [0, 0.05) is 38.2 Å². The summed E-state index contributed by atoms with van der Waals surface area (Å²) in [6.07, 6.45) is 9.91. The smallest absolute Gasteiger partial charge is 0.229 e. The van der Waals surface area contributed by atoms with Crippen LogP contribution in [0.3, 0.4) is 0 Å². The zero-order chi connectivity index (χ0) is 28.6. The van der Waals surface area contributed by atoms with Crippen LogP contribution in [0.2, 0.25) is 5.02 Å². The molecule has 2 aromatic carbocycles. The zero-order valence-electron chi connectivity index (χ0n) is 23.8. The molecule has 2 N–H and O–H groups in total. The Morgan fingerprint density at radius 3 is 2.51 bits per heavy atom. The average Bonchev–Trinajstić information content (AvgIpc) is 3.42. The van der Waals surface area contributed by atoms with Crippen LogP contribution < -0.4 is 24.6 Å². The maximum Gasteiger partial charge on any atom is 0.229 e. The summed E-state index contributed by atoms with van der Waals surface area (Å²) in [5.41, 5.74) is 5.80. The predicted molar refractivity (Wildman–Crippen MR) is 176 cm³/mol. The third-order valence-corrected chi connectivity index (χ3v) is 10.6. The monoisotopic (exact) mass is 657 g/mol. The number of para-hydroxylation sites is 1. The molecule has 11 heteroatoms. The van der Waals surface area contributed by atoms with Gasteiger partial charge in [-0.15, -0.1) is 0 Å². The van der Waals surface area contributed by atoms with Gasteiger partial charge in [-0.25, -0.2) is 4.98 Å². The Kier molecular flexibility index (Phi) is 8.45. The first-order valence-electron chi connectivity index (χ1n) is 14.2. The molecular weight excluding hydrogens is 622 g/mol. The predicted octanol–water partition coefficient (Wildman–Crippen LogP) is 7.34. The summed E-state index contributed by atoms with van der Waals surface area (Å²) in [6, 6.07) is 10.3. The molecule has 3 aliphatic heterocycles. The Morgan fingerprint density at radius 2 is 1.78 bits per heavy atom. The molecule has 0 radical (unpaired) electrons. The third kappa shape index (κ3) is 5.94. The highest BCUT2D eigenvalue weighted by molar-refractivity contribution is 9.10. The molecule has 0 aliphatic carbocycles. The van der Waals surface area contributed by atoms with Crippen LogP contribution in [0.5, 0.6) is 5.75 Å². The molecule has 0 saturated carbocycles. The van der Waals surface area contributed by atoms with Crippen LogP contribution in [-0.4, -0.2) is 68.0 Å². The van der Waals surface area contributed by atoms with Crippen LogP contribution in [-0.2, 0) is 6.42 Å². The Labute approximate surface area is 260 Å². The van der Waals surface area contributed by atoms with E-state index in [9.17, 15) is 0 Å². The van der Waals surface area contributed by atoms with Crippen LogP contribution in [0.25, 0.3) is 0 Å². The molecule has 6 rings (SSSR count). The minimum absolute atomic E-state index is 0.453. The number of ether oxygens (including phenoxy) is 1. The molecule has 2 fully saturated rings. The number of methoxy groups -OCH3 is 1. The second-order valence-corrected chi connectivity index (χ2v) is 13.3. The summed E-state index contributed by atoms with van der Waals surface area (Å²) < 4.78 is 8.90. The van der Waals surface area contributed by atoms with Gasteiger partial charge in [0.25, 0.3) is 0 Å². The van der Waals surface area contributed by atoms with Crippen LogP contribution in [0.1, 0.15) is 31.2 Å². The van der Waals surface area contributed by atoms with E-state index in [2.05, 4.69) is 77.2 Å². The van der Waals surface area contributed by atoms with E-state index < -0.39 is 0 Å². The van der Waals surface area contributed by atoms with Crippen molar-refractivity contribution in [3.63, 3.8) is 0 Å². The summed E-state index contributed by atoms with van der Waals surface area (Å²) in [4.78, 5) is 14.2. The van der Waals surface area contributed by atoms with Crippen LogP contribution in [0.4, 0.5) is 34.5 Å². The van der Waals surface area contributed by atoms with Gasteiger partial charge in [-0.1, -0.05) is 35.7 Å². The highest BCUT2D eigenvalue weighted by atomic mass is 79.9. The van der Waals surface area contributed by atoms with E-state index in [0.717, 1.165) is 47.6 Å². The number of hydrogen-bond donors (Lipinski definition) is 2. The first kappa shape index (κ1) is 28.7. The molecule has 3 aliphatic rings. The van der Waals surface area contributed by atoms with Gasteiger partial charge in [0.1, 0.15) is 11.6 Å². The first-order chi connectivity index (χ1) is 19.9. The van der Waals surface area contributed by atoms with Crippen LogP contribution >= 0.6 is 39.5 Å². The molecule has 0 atom stereocenters. The summed E-state index contributed by atoms with van der Waals surface area (Å²) in [7, 11) is 3.92. The molecule has 2 saturated heterocycles. The molecule has 41 heavy (non-hydrogen) atoms. The number of likely N-dealkylation sites (tertiary alicyclic amines) is 1. The maximum atomic E-state index is 6.89. The molecule has 1 spiro atoms. The number of aromatic nitrogens is 2. The largest absolute Gasteiger partial charge is 0.494 e. The van der Waals surface area contributed by atoms with Crippen molar-refractivity contribution in [2.45, 2.75) is 32.1 Å². The van der Waals surface area contributed by atoms with Crippen molar-refractivity contribution < 1.29 is 4.74 Å². The van der Waals surface area contributed by atoms with Crippen molar-refractivity contribution in [3.05, 3.63) is 51.6 Å². The SMILES string of the molecule is COc1cc(N2CCC3(CCN(C)CC3)CC2)c(Cl)cc1Nc1ncc(Br)c(Nc2cccc3c2N(SC)CC3)n1. The highest BCUT2D eigenvalue weighted by Crippen LogP contribution is 2.45. The molecule has 0 bridgehead atoms. The van der Waals surface area contributed by atoms with Gasteiger partial charge in [-0.2, -0.15) is 4.98 Å². The van der Waals surface area contributed by atoms with E-state index in [-0.39, 0.29) is 0 Å². The molecule has 0 unspecified atom stereocenters. The van der Waals surface area contributed by atoms with E-state index >= 15 is 0 Å². The lowest BCUT2D eigenvalue weighted by molar-refractivity contribution is 0.0945. The average molecular weight is 659 g/mol. The number of fused-ring (bicyclic) bond motifs is 1. The Balaban J connectivity index is 1.19. The number of benzene rings is 2. The van der Waals surface area contributed by atoms with Gasteiger partial charge < -0.3 is 29.5 Å². The fourth-order valence-corrected chi connectivity index (χ4v) is 7.58. The molecule has 218 valence electrons. The summed E-state index contributed by atoms with van der Waals surface area (Å²) >= 11 is 12.2. The van der Waals surface area contributed by atoms with Gasteiger partial charge in [0.05, 0.1) is 39.4 Å². The van der Waals surface area contributed by atoms with Gasteiger partial charge in [-0.3, -0.25) is 0 Å². The summed E-state index contributed by atoms with van der Waals surface area (Å²) in [6.45, 7) is 5.43. The Bertz CT molecular complexity index is 1410. The lowest BCUT2D eigenvalue weighted by Gasteiger charge is -2.47. The summed E-state index contributed by atoms with van der Waals surface area (Å²) in [5.74, 6) is 1.84. The third-order valence-electron chi connectivity index (χ3n) is 8.90. The number of nitrogens with zero attached hydrogens (tertiary/aromatic N) is 5. The zero-order valence-corrected chi connectivity index (χ0v) is 27.0. The van der Waals surface area contributed by atoms with Crippen LogP contribution in [0.15, 0.2) is 41.0 Å². The number of piperidine rings is 2. The fourth-order valence-electron chi connectivity index (χ4n) is 6.33. The topological polar surface area (TPSA) is 68.8 Å². The van der Waals surface area contributed by atoms with Gasteiger partial charge >= 0.3 is 0 Å². The van der Waals surface area contributed by atoms with E-state index in [0.29, 0.717) is 28.0 Å². The number of halogens is 2. The molecule has 0 amide bonds. The number of rotatable bonds is 7. The Morgan fingerprint density at radius 1 is 1.02 bits per heavy atom. The quantitative estimate of drug-likeness (QED) is 0.254. The van der Waals surface area contributed by atoms with Crippen molar-refractivity contribution in [2.75, 3.05) is 73.0 Å². The molecule has 4 heterocycles. The van der Waals surface area contributed by atoms with E-state index in [4.69, 9.17) is 21.3 Å². The van der Waals surface area contributed by atoms with Gasteiger partial charge in [0.2, 0.25) is 5.95 Å².